The minimum absolute atomic E-state index is 0.745. The average Bonchev–Trinajstić information content (AvgIpc) is 2.59. The quantitative estimate of drug-likeness (QED) is 0.594. The van der Waals surface area contributed by atoms with Crippen LogP contribution in [0.5, 0.6) is 11.5 Å². The summed E-state index contributed by atoms with van der Waals surface area (Å²) in [6, 6.07) is 6.20. The molecule has 0 unspecified atom stereocenters. The van der Waals surface area contributed by atoms with E-state index >= 15 is 0 Å². The fraction of sp³-hybridized carbons (Fsp3) is 0.538. The van der Waals surface area contributed by atoms with E-state index in [9.17, 15) is 0 Å². The van der Waals surface area contributed by atoms with Gasteiger partial charge in [-0.15, -0.1) is 0 Å². The van der Waals surface area contributed by atoms with Gasteiger partial charge in [0, 0.05) is 19.6 Å². The Kier molecular flexibility index (Phi) is 4.64. The standard InChI is InChI=1S/C13H20N2O2/c1-14-10-15-6-5-11-3-4-12-13(9-11)17-8-2-7-16-12/h3-4,9,14-15H,2,5-8,10H2,1H3. The molecule has 0 spiro atoms. The highest BCUT2D eigenvalue weighted by Gasteiger charge is 2.10. The molecule has 0 atom stereocenters. The third kappa shape index (κ3) is 3.61. The van der Waals surface area contributed by atoms with Crippen molar-refractivity contribution in [2.45, 2.75) is 12.8 Å². The van der Waals surface area contributed by atoms with Crippen molar-refractivity contribution < 1.29 is 9.47 Å². The van der Waals surface area contributed by atoms with Gasteiger partial charge in [0.05, 0.1) is 13.2 Å². The topological polar surface area (TPSA) is 42.5 Å². The average molecular weight is 236 g/mol. The normalized spacial score (nSPS) is 14.4. The zero-order valence-electron chi connectivity index (χ0n) is 10.3. The van der Waals surface area contributed by atoms with Crippen molar-refractivity contribution in [3.05, 3.63) is 23.8 Å². The van der Waals surface area contributed by atoms with Crippen LogP contribution in [0.4, 0.5) is 0 Å². The van der Waals surface area contributed by atoms with Crippen molar-refractivity contribution in [2.24, 2.45) is 0 Å². The molecule has 2 N–H and O–H groups in total. The van der Waals surface area contributed by atoms with Gasteiger partial charge in [-0.3, -0.25) is 0 Å². The molecule has 0 fully saturated rings. The van der Waals surface area contributed by atoms with Gasteiger partial charge in [0.15, 0.2) is 11.5 Å². The van der Waals surface area contributed by atoms with Gasteiger partial charge < -0.3 is 20.1 Å². The van der Waals surface area contributed by atoms with E-state index < -0.39 is 0 Å². The molecule has 2 rings (SSSR count). The Labute approximate surface area is 102 Å². The number of hydrogen-bond acceptors (Lipinski definition) is 4. The molecule has 0 saturated heterocycles. The van der Waals surface area contributed by atoms with Crippen LogP contribution in [0.1, 0.15) is 12.0 Å². The highest BCUT2D eigenvalue weighted by atomic mass is 16.5. The summed E-state index contributed by atoms with van der Waals surface area (Å²) in [5.74, 6) is 1.75. The van der Waals surface area contributed by atoms with E-state index in [1.165, 1.54) is 5.56 Å². The van der Waals surface area contributed by atoms with Crippen LogP contribution in [0.2, 0.25) is 0 Å². The molecule has 0 radical (unpaired) electrons. The van der Waals surface area contributed by atoms with E-state index in [1.54, 1.807) is 0 Å². The summed E-state index contributed by atoms with van der Waals surface area (Å²) in [6.45, 7) is 3.29. The second-order valence-corrected chi connectivity index (χ2v) is 4.11. The summed E-state index contributed by atoms with van der Waals surface area (Å²) < 4.78 is 11.3. The predicted molar refractivity (Wildman–Crippen MR) is 67.7 cm³/mol. The maximum absolute atomic E-state index is 5.66. The van der Waals surface area contributed by atoms with E-state index in [4.69, 9.17) is 9.47 Å². The number of rotatable bonds is 5. The van der Waals surface area contributed by atoms with Crippen LogP contribution >= 0.6 is 0 Å². The van der Waals surface area contributed by atoms with Gasteiger partial charge in [-0.1, -0.05) is 6.07 Å². The molecule has 1 aromatic carbocycles. The molecule has 1 aromatic rings. The summed E-state index contributed by atoms with van der Waals surface area (Å²) in [5, 5.41) is 6.35. The molecule has 1 heterocycles. The lowest BCUT2D eigenvalue weighted by atomic mass is 10.1. The number of fused-ring (bicyclic) bond motifs is 1. The third-order valence-corrected chi connectivity index (χ3v) is 2.70. The molecule has 1 aliphatic heterocycles. The van der Waals surface area contributed by atoms with Gasteiger partial charge in [0.25, 0.3) is 0 Å². The zero-order valence-corrected chi connectivity index (χ0v) is 10.3. The van der Waals surface area contributed by atoms with Crippen LogP contribution in [0, 0.1) is 0 Å². The lowest BCUT2D eigenvalue weighted by Crippen LogP contribution is -2.27. The van der Waals surface area contributed by atoms with Crippen LogP contribution in [0.25, 0.3) is 0 Å². The highest BCUT2D eigenvalue weighted by molar-refractivity contribution is 5.43. The lowest BCUT2D eigenvalue weighted by molar-refractivity contribution is 0.297. The first-order chi connectivity index (χ1) is 8.40. The van der Waals surface area contributed by atoms with Crippen LogP contribution in [0.15, 0.2) is 18.2 Å². The number of nitrogens with one attached hydrogen (secondary N) is 2. The molecule has 0 saturated carbocycles. The first-order valence-corrected chi connectivity index (χ1v) is 6.14. The van der Waals surface area contributed by atoms with Crippen LogP contribution in [-0.2, 0) is 6.42 Å². The van der Waals surface area contributed by atoms with E-state index in [0.29, 0.717) is 0 Å². The van der Waals surface area contributed by atoms with E-state index in [1.807, 2.05) is 13.1 Å². The van der Waals surface area contributed by atoms with Gasteiger partial charge in [0.2, 0.25) is 0 Å². The molecule has 1 aliphatic rings. The summed E-state index contributed by atoms with van der Waals surface area (Å²) in [7, 11) is 1.93. The van der Waals surface area contributed by atoms with E-state index in [0.717, 1.165) is 50.8 Å². The SMILES string of the molecule is CNCNCCc1ccc2c(c1)OCCCO2. The molecule has 4 heteroatoms. The molecule has 0 aliphatic carbocycles. The Balaban J connectivity index is 1.93. The molecular weight excluding hydrogens is 216 g/mol. The predicted octanol–water partition coefficient (Wildman–Crippen LogP) is 1.16. The molecule has 17 heavy (non-hydrogen) atoms. The minimum atomic E-state index is 0.745. The molecular formula is C13H20N2O2. The first-order valence-electron chi connectivity index (χ1n) is 6.14. The Hall–Kier alpha value is -1.26. The van der Waals surface area contributed by atoms with Crippen molar-refractivity contribution in [1.82, 2.24) is 10.6 Å². The minimum Gasteiger partial charge on any atom is -0.490 e. The van der Waals surface area contributed by atoms with Gasteiger partial charge in [-0.25, -0.2) is 0 Å². The van der Waals surface area contributed by atoms with Crippen molar-refractivity contribution >= 4 is 0 Å². The van der Waals surface area contributed by atoms with Crippen molar-refractivity contribution in [1.29, 1.82) is 0 Å². The molecule has 4 nitrogen and oxygen atoms in total. The molecule has 0 amide bonds. The fourth-order valence-electron chi connectivity index (χ4n) is 1.81. The summed E-state index contributed by atoms with van der Waals surface area (Å²) >= 11 is 0. The maximum Gasteiger partial charge on any atom is 0.161 e. The van der Waals surface area contributed by atoms with Crippen LogP contribution < -0.4 is 20.1 Å². The number of ether oxygens (including phenoxy) is 2. The zero-order chi connectivity index (χ0) is 11.9. The van der Waals surface area contributed by atoms with Gasteiger partial charge in [-0.05, 0) is 31.2 Å². The van der Waals surface area contributed by atoms with Crippen LogP contribution in [0.3, 0.4) is 0 Å². The van der Waals surface area contributed by atoms with Crippen molar-refractivity contribution in [3.63, 3.8) is 0 Å². The van der Waals surface area contributed by atoms with Crippen LogP contribution in [-0.4, -0.2) is 33.5 Å². The first kappa shape index (κ1) is 12.2. The Morgan fingerprint density at radius 3 is 2.82 bits per heavy atom. The maximum atomic E-state index is 5.66. The largest absolute Gasteiger partial charge is 0.490 e. The summed E-state index contributed by atoms with van der Waals surface area (Å²) in [5.41, 5.74) is 1.28. The number of hydrogen-bond donors (Lipinski definition) is 2. The molecule has 0 bridgehead atoms. The monoisotopic (exact) mass is 236 g/mol. The van der Waals surface area contributed by atoms with Crippen molar-refractivity contribution in [3.8, 4) is 11.5 Å². The highest BCUT2D eigenvalue weighted by Crippen LogP contribution is 2.30. The third-order valence-electron chi connectivity index (χ3n) is 2.70. The van der Waals surface area contributed by atoms with E-state index in [-0.39, 0.29) is 0 Å². The molecule has 0 aromatic heterocycles. The van der Waals surface area contributed by atoms with E-state index in [2.05, 4.69) is 22.8 Å². The fourth-order valence-corrected chi connectivity index (χ4v) is 1.81. The van der Waals surface area contributed by atoms with Crippen molar-refractivity contribution in [2.75, 3.05) is 33.5 Å². The Morgan fingerprint density at radius 2 is 2.00 bits per heavy atom. The second kappa shape index (κ2) is 6.47. The summed E-state index contributed by atoms with van der Waals surface area (Å²) in [4.78, 5) is 0. The number of benzene rings is 1. The van der Waals surface area contributed by atoms with Gasteiger partial charge in [-0.2, -0.15) is 0 Å². The van der Waals surface area contributed by atoms with Gasteiger partial charge >= 0.3 is 0 Å². The Bertz CT molecular complexity index is 355. The Morgan fingerprint density at radius 1 is 1.18 bits per heavy atom. The smallest absolute Gasteiger partial charge is 0.161 e. The lowest BCUT2D eigenvalue weighted by Gasteiger charge is -2.09. The van der Waals surface area contributed by atoms with Gasteiger partial charge in [0.1, 0.15) is 0 Å². The summed E-state index contributed by atoms with van der Waals surface area (Å²) in [6.07, 6.45) is 1.95. The second-order valence-electron chi connectivity index (χ2n) is 4.11. The molecule has 94 valence electrons.